The molecule has 1 saturated carbocycles. The fraction of sp³-hybridized carbons (Fsp3) is 0.469. The molecule has 41 heavy (non-hydrogen) atoms. The Morgan fingerprint density at radius 2 is 1.56 bits per heavy atom. The van der Waals surface area contributed by atoms with Gasteiger partial charge in [0.05, 0.1) is 32.9 Å². The Morgan fingerprint density at radius 3 is 2.22 bits per heavy atom. The van der Waals surface area contributed by atoms with Crippen molar-refractivity contribution in [1.82, 2.24) is 0 Å². The predicted molar refractivity (Wildman–Crippen MR) is 158 cm³/mol. The van der Waals surface area contributed by atoms with Crippen LogP contribution in [0.5, 0.6) is 23.0 Å². The summed E-state index contributed by atoms with van der Waals surface area (Å²) < 4.78 is 28.8. The van der Waals surface area contributed by atoms with Crippen LogP contribution in [0.1, 0.15) is 68.4 Å². The van der Waals surface area contributed by atoms with Crippen molar-refractivity contribution in [2.24, 2.45) is 10.9 Å². The van der Waals surface area contributed by atoms with Crippen LogP contribution in [0.15, 0.2) is 51.1 Å². The van der Waals surface area contributed by atoms with Crippen LogP contribution in [0, 0.1) is 5.92 Å². The zero-order chi connectivity index (χ0) is 29.3. The molecule has 1 heterocycles. The first-order valence-electron chi connectivity index (χ1n) is 13.9. The smallest absolute Gasteiger partial charge is 0.315 e. The molecule has 0 radical (unpaired) electrons. The molecule has 0 N–H and O–H groups in total. The van der Waals surface area contributed by atoms with E-state index in [4.69, 9.17) is 28.7 Å². The highest BCUT2D eigenvalue weighted by atomic mass is 79.9. The summed E-state index contributed by atoms with van der Waals surface area (Å²) in [6, 6.07) is 9.50. The Hall–Kier alpha value is -3.33. The number of hydrogen-bond acceptors (Lipinski definition) is 8. The van der Waals surface area contributed by atoms with Crippen LogP contribution in [0.4, 0.5) is 0 Å². The zero-order valence-corrected chi connectivity index (χ0v) is 25.7. The van der Waals surface area contributed by atoms with Crippen molar-refractivity contribution < 1.29 is 33.3 Å². The second-order valence-electron chi connectivity index (χ2n) is 10.8. The number of carbonyl (C=O) groups is 2. The van der Waals surface area contributed by atoms with Crippen molar-refractivity contribution in [3.8, 4) is 23.0 Å². The molecule has 2 aromatic carbocycles. The molecular formula is C32H36BrNO7. The third-order valence-electron chi connectivity index (χ3n) is 8.42. The standard InChI is InChI=1S/C32H36BrNO7/c1-17-28(32(36)41-21-8-6-7-9-21)29(20-12-22(33)31(40-5)27(16-20)39-4)30-23(34-17)13-19(14-24(30)35)18-10-11-25(37-2)26(15-18)38-3/h10-12,15-16,19,21,28-29H,6-9,13-14H2,1-5H3/t19-,28?,29+/m1/s1. The van der Waals surface area contributed by atoms with E-state index in [0.29, 0.717) is 50.9 Å². The van der Waals surface area contributed by atoms with Gasteiger partial charge in [0.2, 0.25) is 0 Å². The number of nitrogens with zero attached hydrogens (tertiary/aromatic N) is 1. The minimum absolute atomic E-state index is 0.0307. The molecule has 0 bridgehead atoms. The zero-order valence-electron chi connectivity index (χ0n) is 24.1. The quantitative estimate of drug-likeness (QED) is 0.307. The second kappa shape index (κ2) is 12.3. The molecule has 0 aromatic heterocycles. The molecule has 1 aliphatic heterocycles. The Labute approximate surface area is 249 Å². The monoisotopic (exact) mass is 625 g/mol. The number of methoxy groups -OCH3 is 4. The van der Waals surface area contributed by atoms with Crippen LogP contribution in [0.2, 0.25) is 0 Å². The maximum absolute atomic E-state index is 14.1. The third-order valence-corrected chi connectivity index (χ3v) is 9.01. The first-order chi connectivity index (χ1) is 19.8. The van der Waals surface area contributed by atoms with E-state index in [1.807, 2.05) is 37.3 Å². The summed E-state index contributed by atoms with van der Waals surface area (Å²) in [5.74, 6) is 0.557. The Bertz CT molecular complexity index is 1410. The molecule has 1 fully saturated rings. The Kier molecular flexibility index (Phi) is 8.73. The molecule has 2 aromatic rings. The number of halogens is 1. The summed E-state index contributed by atoms with van der Waals surface area (Å²) >= 11 is 3.60. The lowest BCUT2D eigenvalue weighted by Crippen LogP contribution is -2.39. The van der Waals surface area contributed by atoms with Crippen LogP contribution in [-0.2, 0) is 14.3 Å². The lowest BCUT2D eigenvalue weighted by Gasteiger charge is -2.37. The predicted octanol–water partition coefficient (Wildman–Crippen LogP) is 6.54. The van der Waals surface area contributed by atoms with Gasteiger partial charge in [0.25, 0.3) is 0 Å². The van der Waals surface area contributed by atoms with Gasteiger partial charge < -0.3 is 23.7 Å². The summed E-state index contributed by atoms with van der Waals surface area (Å²) in [6.45, 7) is 1.86. The molecule has 0 amide bonds. The molecule has 3 aliphatic rings. The van der Waals surface area contributed by atoms with Gasteiger partial charge in [0.1, 0.15) is 12.0 Å². The van der Waals surface area contributed by atoms with Gasteiger partial charge in [0.15, 0.2) is 28.8 Å². The third kappa shape index (κ3) is 5.61. The molecule has 0 spiro atoms. The first-order valence-corrected chi connectivity index (χ1v) is 14.7. The number of benzene rings is 2. The SMILES string of the molecule is COc1ccc([C@H]2CC(=O)C3=C(C2)N=C(C)C(C(=O)OC2CCCC2)[C@@H]3c2cc(Br)c(OC)c(OC)c2)cc1OC. The van der Waals surface area contributed by atoms with Crippen molar-refractivity contribution in [3.05, 3.63) is 57.2 Å². The second-order valence-corrected chi connectivity index (χ2v) is 11.6. The van der Waals surface area contributed by atoms with E-state index < -0.39 is 11.8 Å². The number of allylic oxidation sites excluding steroid dienone is 2. The van der Waals surface area contributed by atoms with E-state index in [0.717, 1.165) is 36.8 Å². The van der Waals surface area contributed by atoms with Crippen molar-refractivity contribution in [1.29, 1.82) is 0 Å². The highest BCUT2D eigenvalue weighted by Crippen LogP contribution is 2.50. The van der Waals surface area contributed by atoms with Gasteiger partial charge in [-0.1, -0.05) is 6.07 Å². The molecule has 218 valence electrons. The van der Waals surface area contributed by atoms with Crippen molar-refractivity contribution in [2.45, 2.75) is 63.4 Å². The highest BCUT2D eigenvalue weighted by Gasteiger charge is 2.46. The summed E-state index contributed by atoms with van der Waals surface area (Å²) in [5, 5.41) is 0. The summed E-state index contributed by atoms with van der Waals surface area (Å²) in [7, 11) is 6.33. The fourth-order valence-electron chi connectivity index (χ4n) is 6.43. The Morgan fingerprint density at radius 1 is 0.878 bits per heavy atom. The van der Waals surface area contributed by atoms with Gasteiger partial charge in [-0.2, -0.15) is 0 Å². The van der Waals surface area contributed by atoms with Crippen LogP contribution in [-0.4, -0.2) is 52.0 Å². The van der Waals surface area contributed by atoms with E-state index in [1.165, 1.54) is 0 Å². The van der Waals surface area contributed by atoms with Crippen LogP contribution < -0.4 is 18.9 Å². The van der Waals surface area contributed by atoms with Gasteiger partial charge in [-0.15, -0.1) is 0 Å². The van der Waals surface area contributed by atoms with Gasteiger partial charge in [-0.3, -0.25) is 14.6 Å². The minimum Gasteiger partial charge on any atom is -0.493 e. The molecule has 9 heteroatoms. The lowest BCUT2D eigenvalue weighted by molar-refractivity contribution is -0.151. The number of ether oxygens (including phenoxy) is 5. The number of ketones is 1. The molecule has 5 rings (SSSR count). The normalized spacial score (nSPS) is 22.6. The number of rotatable bonds is 8. The van der Waals surface area contributed by atoms with Crippen LogP contribution >= 0.6 is 15.9 Å². The van der Waals surface area contributed by atoms with E-state index in [1.54, 1.807) is 28.4 Å². The number of esters is 1. The topological polar surface area (TPSA) is 92.7 Å². The van der Waals surface area contributed by atoms with Crippen LogP contribution in [0.25, 0.3) is 0 Å². The summed E-state index contributed by atoms with van der Waals surface area (Å²) in [6.07, 6.45) is 4.57. The fourth-order valence-corrected chi connectivity index (χ4v) is 7.05. The summed E-state index contributed by atoms with van der Waals surface area (Å²) in [4.78, 5) is 32.7. The van der Waals surface area contributed by atoms with Gasteiger partial charge in [-0.05, 0) is 96.3 Å². The number of aliphatic imine (C=N–C) groups is 1. The van der Waals surface area contributed by atoms with Crippen molar-refractivity contribution in [3.63, 3.8) is 0 Å². The molecule has 2 aliphatic carbocycles. The van der Waals surface area contributed by atoms with E-state index >= 15 is 0 Å². The number of hydrogen-bond donors (Lipinski definition) is 0. The first kappa shape index (κ1) is 29.2. The maximum Gasteiger partial charge on any atom is 0.315 e. The van der Waals surface area contributed by atoms with E-state index in [2.05, 4.69) is 15.9 Å². The summed E-state index contributed by atoms with van der Waals surface area (Å²) in [5.41, 5.74) is 3.66. The molecule has 8 nitrogen and oxygen atoms in total. The molecule has 0 saturated heterocycles. The molecular weight excluding hydrogens is 590 g/mol. The van der Waals surface area contributed by atoms with E-state index in [9.17, 15) is 9.59 Å². The van der Waals surface area contributed by atoms with Crippen LogP contribution in [0.3, 0.4) is 0 Å². The average Bonchev–Trinajstić information content (AvgIpc) is 3.48. The molecule has 1 unspecified atom stereocenters. The van der Waals surface area contributed by atoms with Crippen molar-refractivity contribution in [2.75, 3.05) is 28.4 Å². The van der Waals surface area contributed by atoms with E-state index in [-0.39, 0.29) is 30.2 Å². The van der Waals surface area contributed by atoms with Crippen molar-refractivity contribution >= 4 is 33.4 Å². The number of Topliss-reactive ketones (excluding diaryl/α,β-unsaturated/α-hetero) is 1. The average molecular weight is 627 g/mol. The largest absolute Gasteiger partial charge is 0.493 e. The maximum atomic E-state index is 14.1. The van der Waals surface area contributed by atoms with Gasteiger partial charge in [-0.25, -0.2) is 0 Å². The Balaban J connectivity index is 1.59. The molecule has 3 atom stereocenters. The van der Waals surface area contributed by atoms with Gasteiger partial charge >= 0.3 is 5.97 Å². The lowest BCUT2D eigenvalue weighted by atomic mass is 9.69. The number of carbonyl (C=O) groups excluding carboxylic acids is 2. The highest BCUT2D eigenvalue weighted by molar-refractivity contribution is 9.10. The minimum atomic E-state index is -0.721. The van der Waals surface area contributed by atoms with Gasteiger partial charge in [0, 0.05) is 29.3 Å².